The fourth-order valence-corrected chi connectivity index (χ4v) is 3.39. The van der Waals surface area contributed by atoms with E-state index in [4.69, 9.17) is 10.5 Å². The number of carbonyl (C=O) groups excluding carboxylic acids is 2. The van der Waals surface area contributed by atoms with Gasteiger partial charge in [0.05, 0.1) is 11.7 Å². The first-order valence-corrected chi connectivity index (χ1v) is 7.33. The minimum Gasteiger partial charge on any atom is -0.389 e. The van der Waals surface area contributed by atoms with Gasteiger partial charge in [-0.1, -0.05) is 0 Å². The number of imidazole rings is 1. The van der Waals surface area contributed by atoms with Gasteiger partial charge in [-0.15, -0.1) is 0 Å². The van der Waals surface area contributed by atoms with E-state index in [1.165, 1.54) is 21.9 Å². The van der Waals surface area contributed by atoms with Crippen molar-refractivity contribution in [1.29, 1.82) is 0 Å². The van der Waals surface area contributed by atoms with Gasteiger partial charge >= 0.3 is 6.09 Å². The lowest BCUT2D eigenvalue weighted by molar-refractivity contribution is 0.0732. The molecule has 1 fully saturated rings. The molecule has 2 aromatic rings. The number of nitrogens with zero attached hydrogens (tertiary/aromatic N) is 3. The third-order valence-electron chi connectivity index (χ3n) is 4.34. The fourth-order valence-electron chi connectivity index (χ4n) is 3.39. The second-order valence-corrected chi connectivity index (χ2v) is 5.64. The van der Waals surface area contributed by atoms with Crippen LogP contribution in [0, 0.1) is 11.6 Å². The Balaban J connectivity index is 2.01. The van der Waals surface area contributed by atoms with E-state index in [1.807, 2.05) is 0 Å². The monoisotopic (exact) mass is 334 g/mol. The van der Waals surface area contributed by atoms with Crippen LogP contribution < -0.4 is 10.5 Å². The fraction of sp³-hybridized carbons (Fsp3) is 0.267. The van der Waals surface area contributed by atoms with Crippen LogP contribution in [0.4, 0.5) is 13.6 Å². The molecule has 0 saturated carbocycles. The zero-order chi connectivity index (χ0) is 17.0. The van der Waals surface area contributed by atoms with Crippen LogP contribution in [0.1, 0.15) is 34.9 Å². The Morgan fingerprint density at radius 2 is 2.17 bits per heavy atom. The van der Waals surface area contributed by atoms with Crippen LogP contribution in [0.3, 0.4) is 0 Å². The van der Waals surface area contributed by atoms with Crippen LogP contribution in [0.5, 0.6) is 5.88 Å². The number of nitrogens with two attached hydrogens (primary N) is 1. The lowest BCUT2D eigenvalue weighted by Crippen LogP contribution is -2.30. The molecule has 1 saturated heterocycles. The smallest absolute Gasteiger partial charge is 0.389 e. The number of amides is 2. The van der Waals surface area contributed by atoms with Gasteiger partial charge in [-0.2, -0.15) is 0 Å². The van der Waals surface area contributed by atoms with E-state index in [9.17, 15) is 18.4 Å². The second-order valence-electron chi connectivity index (χ2n) is 5.64. The van der Waals surface area contributed by atoms with Crippen LogP contribution in [0.2, 0.25) is 0 Å². The summed E-state index contributed by atoms with van der Waals surface area (Å²) in [6, 6.07) is 1.78. The van der Waals surface area contributed by atoms with Crippen molar-refractivity contribution in [2.75, 3.05) is 6.54 Å². The minimum atomic E-state index is -1.21. The average molecular weight is 334 g/mol. The third-order valence-corrected chi connectivity index (χ3v) is 4.34. The molecule has 2 aliphatic heterocycles. The highest BCUT2D eigenvalue weighted by Gasteiger charge is 2.41. The molecular weight excluding hydrogens is 322 g/mol. The van der Waals surface area contributed by atoms with E-state index in [-0.39, 0.29) is 17.1 Å². The van der Waals surface area contributed by atoms with Crippen molar-refractivity contribution in [2.24, 2.45) is 5.73 Å². The van der Waals surface area contributed by atoms with Gasteiger partial charge in [0.1, 0.15) is 17.6 Å². The van der Waals surface area contributed by atoms with Gasteiger partial charge in [0.2, 0.25) is 5.88 Å². The molecule has 2 N–H and O–H groups in total. The first-order valence-electron chi connectivity index (χ1n) is 7.33. The van der Waals surface area contributed by atoms with Crippen LogP contribution in [-0.2, 0) is 0 Å². The van der Waals surface area contributed by atoms with Gasteiger partial charge in [0.15, 0.2) is 11.6 Å². The quantitative estimate of drug-likeness (QED) is 0.862. The molecule has 2 aliphatic rings. The zero-order valence-corrected chi connectivity index (χ0v) is 12.3. The number of rotatable bonds is 1. The number of halogens is 2. The predicted octanol–water partition coefficient (Wildman–Crippen LogP) is 1.90. The van der Waals surface area contributed by atoms with Gasteiger partial charge in [-0.05, 0) is 25.0 Å². The highest BCUT2D eigenvalue weighted by molar-refractivity contribution is 5.99. The van der Waals surface area contributed by atoms with Gasteiger partial charge in [-0.25, -0.2) is 18.6 Å². The molecule has 0 spiro atoms. The molecule has 0 bridgehead atoms. The third kappa shape index (κ3) is 1.90. The number of carbonyl (C=O) groups is 2. The number of benzene rings is 1. The Morgan fingerprint density at radius 3 is 2.92 bits per heavy atom. The second kappa shape index (κ2) is 5.02. The molecule has 9 heteroatoms. The summed E-state index contributed by atoms with van der Waals surface area (Å²) in [4.78, 5) is 29.3. The van der Waals surface area contributed by atoms with Gasteiger partial charge in [0.25, 0.3) is 5.91 Å². The van der Waals surface area contributed by atoms with Crippen molar-refractivity contribution in [1.82, 2.24) is 14.5 Å². The molecule has 2 amide bonds. The maximum atomic E-state index is 14.3. The summed E-state index contributed by atoms with van der Waals surface area (Å²) in [5, 5.41) is 0. The van der Waals surface area contributed by atoms with Gasteiger partial charge in [-0.3, -0.25) is 9.36 Å². The molecule has 124 valence electrons. The van der Waals surface area contributed by atoms with E-state index in [2.05, 4.69) is 4.98 Å². The maximum Gasteiger partial charge on any atom is 0.411 e. The summed E-state index contributed by atoms with van der Waals surface area (Å²) >= 11 is 0. The predicted molar refractivity (Wildman–Crippen MR) is 76.7 cm³/mol. The van der Waals surface area contributed by atoms with E-state index in [0.29, 0.717) is 25.1 Å². The lowest BCUT2D eigenvalue weighted by atomic mass is 10.1. The van der Waals surface area contributed by atoms with Crippen molar-refractivity contribution in [3.05, 3.63) is 41.4 Å². The molecule has 1 atom stereocenters. The number of hydrogen-bond acceptors (Lipinski definition) is 4. The summed E-state index contributed by atoms with van der Waals surface area (Å²) in [5.74, 6) is -2.94. The standard InChI is InChI=1S/C15H12F2N4O3/c16-7-3-4-8-10(11(7)17)14(22)20-5-1-2-9(20)12-13(24-15(18)23)19-6-21(8)12/h3-4,6,9H,1-2,5H2,(H2,18,23)/t9-/m0/s1. The minimum absolute atomic E-state index is 0.0372. The molecule has 1 aromatic carbocycles. The molecular formula is C15H12F2N4O3. The Kier molecular flexibility index (Phi) is 3.05. The summed E-state index contributed by atoms with van der Waals surface area (Å²) in [6.45, 7) is 0.389. The van der Waals surface area contributed by atoms with Crippen molar-refractivity contribution >= 4 is 12.0 Å². The van der Waals surface area contributed by atoms with Crippen LogP contribution in [0.25, 0.3) is 5.69 Å². The Hall–Kier alpha value is -2.97. The number of aromatic nitrogens is 2. The number of fused-ring (bicyclic) bond motifs is 5. The topological polar surface area (TPSA) is 90.5 Å². The van der Waals surface area contributed by atoms with Crippen molar-refractivity contribution in [2.45, 2.75) is 18.9 Å². The Bertz CT molecular complexity index is 880. The van der Waals surface area contributed by atoms with Crippen LogP contribution >= 0.6 is 0 Å². The van der Waals surface area contributed by atoms with Crippen LogP contribution in [-0.4, -0.2) is 33.0 Å². The van der Waals surface area contributed by atoms with Gasteiger partial charge < -0.3 is 15.4 Å². The first kappa shape index (κ1) is 14.6. The molecule has 7 nitrogen and oxygen atoms in total. The normalized spacial score (nSPS) is 18.7. The van der Waals surface area contributed by atoms with Crippen molar-refractivity contribution in [3.63, 3.8) is 0 Å². The molecule has 0 aliphatic carbocycles. The highest BCUT2D eigenvalue weighted by Crippen LogP contribution is 2.42. The Morgan fingerprint density at radius 1 is 1.38 bits per heavy atom. The summed E-state index contributed by atoms with van der Waals surface area (Å²) in [6.07, 6.45) is 1.54. The number of ether oxygens (including phenoxy) is 1. The Labute approximate surface area is 134 Å². The summed E-state index contributed by atoms with van der Waals surface area (Å²) < 4.78 is 34.3. The largest absolute Gasteiger partial charge is 0.411 e. The van der Waals surface area contributed by atoms with E-state index in [1.54, 1.807) is 0 Å². The summed E-state index contributed by atoms with van der Waals surface area (Å²) in [7, 11) is 0. The first-order chi connectivity index (χ1) is 11.5. The van der Waals surface area contributed by atoms with Crippen LogP contribution in [0.15, 0.2) is 18.5 Å². The zero-order valence-electron chi connectivity index (χ0n) is 12.3. The molecule has 4 rings (SSSR count). The molecule has 3 heterocycles. The molecule has 24 heavy (non-hydrogen) atoms. The van der Waals surface area contributed by atoms with Crippen molar-refractivity contribution < 1.29 is 23.1 Å². The lowest BCUT2D eigenvalue weighted by Gasteiger charge is -2.22. The maximum absolute atomic E-state index is 14.3. The van der Waals surface area contributed by atoms with E-state index < -0.39 is 29.7 Å². The SMILES string of the molecule is NC(=O)Oc1ncn2c1[C@@H]1CCCN1C(=O)c1c-2ccc(F)c1F. The number of hydrogen-bond donors (Lipinski definition) is 1. The van der Waals surface area contributed by atoms with Gasteiger partial charge in [0, 0.05) is 6.54 Å². The van der Waals surface area contributed by atoms with E-state index in [0.717, 1.165) is 6.07 Å². The highest BCUT2D eigenvalue weighted by atomic mass is 19.2. The average Bonchev–Trinajstić information content (AvgIpc) is 3.13. The number of primary amides is 1. The molecule has 0 unspecified atom stereocenters. The molecule has 1 aromatic heterocycles. The summed E-state index contributed by atoms with van der Waals surface area (Å²) in [5.41, 5.74) is 5.27. The van der Waals surface area contributed by atoms with E-state index >= 15 is 0 Å². The molecule has 0 radical (unpaired) electrons. The van der Waals surface area contributed by atoms with Crippen molar-refractivity contribution in [3.8, 4) is 11.6 Å².